The van der Waals surface area contributed by atoms with Gasteiger partial charge in [-0.1, -0.05) is 0 Å². The van der Waals surface area contributed by atoms with Crippen molar-refractivity contribution in [2.75, 3.05) is 19.0 Å². The molecule has 0 aromatic carbocycles. The van der Waals surface area contributed by atoms with E-state index in [-0.39, 0.29) is 23.4 Å². The number of H-pyrrole nitrogens is 2. The molecule has 0 saturated heterocycles. The lowest BCUT2D eigenvalue weighted by Crippen LogP contribution is -2.44. The van der Waals surface area contributed by atoms with Crippen LogP contribution in [0.2, 0.25) is 0 Å². The number of nitrogens with one attached hydrogen (secondary N) is 3. The summed E-state index contributed by atoms with van der Waals surface area (Å²) in [5.74, 6) is 1.15. The standard InChI is InChI=1S/C18H24N6O2/c1-9-15(16(23-22-9)10-4-5-10)17(26)19-12-6-11(7-12)13-8-14(25)21-18(20-13)24(2)3/h8,10-12H,4-7H2,1-3H3,(H,19,26)(H,22,23)(H,20,21,25). The van der Waals surface area contributed by atoms with Gasteiger partial charge in [-0.25, -0.2) is 4.98 Å². The van der Waals surface area contributed by atoms with Gasteiger partial charge >= 0.3 is 0 Å². The highest BCUT2D eigenvalue weighted by Gasteiger charge is 2.36. The Bertz CT molecular complexity index is 889. The lowest BCUT2D eigenvalue weighted by atomic mass is 9.78. The molecule has 138 valence electrons. The summed E-state index contributed by atoms with van der Waals surface area (Å²) < 4.78 is 0. The highest BCUT2D eigenvalue weighted by molar-refractivity contribution is 5.97. The van der Waals surface area contributed by atoms with Crippen molar-refractivity contribution in [3.8, 4) is 0 Å². The van der Waals surface area contributed by atoms with E-state index in [1.165, 1.54) is 0 Å². The van der Waals surface area contributed by atoms with Crippen molar-refractivity contribution in [3.05, 3.63) is 39.1 Å². The molecule has 2 aliphatic carbocycles. The second kappa shape index (κ2) is 6.26. The van der Waals surface area contributed by atoms with Crippen LogP contribution in [0.5, 0.6) is 0 Å². The van der Waals surface area contributed by atoms with E-state index in [0.29, 0.717) is 17.4 Å². The third-order valence-electron chi connectivity index (χ3n) is 5.23. The van der Waals surface area contributed by atoms with E-state index < -0.39 is 0 Å². The number of carbonyl (C=O) groups is 1. The fourth-order valence-electron chi connectivity index (χ4n) is 3.51. The summed E-state index contributed by atoms with van der Waals surface area (Å²) in [6, 6.07) is 1.67. The average Bonchev–Trinajstić information content (AvgIpc) is 3.32. The first-order chi connectivity index (χ1) is 12.4. The molecule has 8 nitrogen and oxygen atoms in total. The van der Waals surface area contributed by atoms with Gasteiger partial charge in [-0.15, -0.1) is 0 Å². The summed E-state index contributed by atoms with van der Waals surface area (Å²) in [4.78, 5) is 33.5. The first kappa shape index (κ1) is 16.8. The molecule has 3 N–H and O–H groups in total. The van der Waals surface area contributed by atoms with Crippen LogP contribution in [-0.2, 0) is 0 Å². The number of hydrogen-bond donors (Lipinski definition) is 3. The van der Waals surface area contributed by atoms with Crippen LogP contribution in [-0.4, -0.2) is 46.2 Å². The fourth-order valence-corrected chi connectivity index (χ4v) is 3.51. The Morgan fingerprint density at radius 3 is 2.65 bits per heavy atom. The van der Waals surface area contributed by atoms with E-state index in [2.05, 4.69) is 25.5 Å². The number of aromatic nitrogens is 4. The van der Waals surface area contributed by atoms with Gasteiger partial charge in [-0.2, -0.15) is 5.10 Å². The number of hydrogen-bond acceptors (Lipinski definition) is 5. The summed E-state index contributed by atoms with van der Waals surface area (Å²) in [6.45, 7) is 1.89. The first-order valence-electron chi connectivity index (χ1n) is 9.06. The molecular weight excluding hydrogens is 332 g/mol. The number of aryl methyl sites for hydroxylation is 1. The zero-order chi connectivity index (χ0) is 18.4. The van der Waals surface area contributed by atoms with Crippen LogP contribution in [0.4, 0.5) is 5.95 Å². The molecule has 2 heterocycles. The molecule has 0 spiro atoms. The van der Waals surface area contributed by atoms with E-state index in [9.17, 15) is 9.59 Å². The minimum Gasteiger partial charge on any atom is -0.349 e. The van der Waals surface area contributed by atoms with Gasteiger partial charge < -0.3 is 10.2 Å². The van der Waals surface area contributed by atoms with Crippen LogP contribution >= 0.6 is 0 Å². The summed E-state index contributed by atoms with van der Waals surface area (Å²) >= 11 is 0. The van der Waals surface area contributed by atoms with Crippen LogP contribution in [0.15, 0.2) is 10.9 Å². The van der Waals surface area contributed by atoms with Crippen molar-refractivity contribution >= 4 is 11.9 Å². The minimum atomic E-state index is -0.144. The molecule has 26 heavy (non-hydrogen) atoms. The van der Waals surface area contributed by atoms with Crippen LogP contribution in [0, 0.1) is 6.92 Å². The lowest BCUT2D eigenvalue weighted by molar-refractivity contribution is 0.0906. The normalized spacial score (nSPS) is 22.0. The number of anilines is 1. The SMILES string of the molecule is Cc1[nH]nc(C2CC2)c1C(=O)NC1CC(c2cc(=O)[nH]c(N(C)C)n2)C1. The van der Waals surface area contributed by atoms with Crippen molar-refractivity contribution < 1.29 is 4.79 Å². The topological polar surface area (TPSA) is 107 Å². The zero-order valence-electron chi connectivity index (χ0n) is 15.3. The second-order valence-corrected chi connectivity index (χ2v) is 7.61. The molecule has 2 aliphatic rings. The number of aromatic amines is 2. The predicted octanol–water partition coefficient (Wildman–Crippen LogP) is 1.42. The van der Waals surface area contributed by atoms with Crippen LogP contribution in [0.25, 0.3) is 0 Å². The van der Waals surface area contributed by atoms with Crippen LogP contribution < -0.4 is 15.8 Å². The van der Waals surface area contributed by atoms with Crippen LogP contribution in [0.3, 0.4) is 0 Å². The summed E-state index contributed by atoms with van der Waals surface area (Å²) in [5.41, 5.74) is 3.09. The average molecular weight is 356 g/mol. The summed E-state index contributed by atoms with van der Waals surface area (Å²) in [7, 11) is 3.69. The molecule has 2 saturated carbocycles. The maximum absolute atomic E-state index is 12.7. The minimum absolute atomic E-state index is 0.0468. The van der Waals surface area contributed by atoms with Gasteiger partial charge in [0, 0.05) is 43.7 Å². The van der Waals surface area contributed by atoms with Crippen LogP contribution in [0.1, 0.15) is 65.0 Å². The number of amides is 1. The largest absolute Gasteiger partial charge is 0.349 e. The Morgan fingerprint density at radius 1 is 1.27 bits per heavy atom. The molecule has 2 fully saturated rings. The Balaban J connectivity index is 1.41. The number of rotatable bonds is 5. The summed E-state index contributed by atoms with van der Waals surface area (Å²) in [6.07, 6.45) is 3.81. The summed E-state index contributed by atoms with van der Waals surface area (Å²) in [5, 5.41) is 10.4. The molecule has 0 bridgehead atoms. The molecular formula is C18H24N6O2. The first-order valence-corrected chi connectivity index (χ1v) is 9.06. The molecule has 0 aliphatic heterocycles. The van der Waals surface area contributed by atoms with E-state index in [0.717, 1.165) is 42.8 Å². The van der Waals surface area contributed by atoms with Gasteiger partial charge in [0.05, 0.1) is 17.0 Å². The predicted molar refractivity (Wildman–Crippen MR) is 97.7 cm³/mol. The van der Waals surface area contributed by atoms with E-state index in [1.807, 2.05) is 21.0 Å². The number of nitrogens with zero attached hydrogens (tertiary/aromatic N) is 3. The third kappa shape index (κ3) is 3.11. The Hall–Kier alpha value is -2.64. The highest BCUT2D eigenvalue weighted by atomic mass is 16.1. The zero-order valence-corrected chi connectivity index (χ0v) is 15.3. The van der Waals surface area contributed by atoms with Crippen molar-refractivity contribution in [1.29, 1.82) is 0 Å². The van der Waals surface area contributed by atoms with Gasteiger partial charge in [-0.3, -0.25) is 19.7 Å². The third-order valence-corrected chi connectivity index (χ3v) is 5.23. The highest BCUT2D eigenvalue weighted by Crippen LogP contribution is 2.41. The van der Waals surface area contributed by atoms with Gasteiger partial charge in [0.15, 0.2) is 0 Å². The van der Waals surface area contributed by atoms with E-state index in [1.54, 1.807) is 11.0 Å². The smallest absolute Gasteiger partial charge is 0.255 e. The molecule has 8 heteroatoms. The Morgan fingerprint density at radius 2 is 2.00 bits per heavy atom. The fraction of sp³-hybridized carbons (Fsp3) is 0.556. The van der Waals surface area contributed by atoms with E-state index >= 15 is 0 Å². The lowest BCUT2D eigenvalue weighted by Gasteiger charge is -2.35. The molecule has 0 radical (unpaired) electrons. The van der Waals surface area contributed by atoms with Crippen molar-refractivity contribution in [3.63, 3.8) is 0 Å². The van der Waals surface area contributed by atoms with Crippen molar-refractivity contribution in [2.24, 2.45) is 0 Å². The Kier molecular flexibility index (Phi) is 4.05. The molecule has 4 rings (SSSR count). The van der Waals surface area contributed by atoms with Crippen molar-refractivity contribution in [1.82, 2.24) is 25.5 Å². The quantitative estimate of drug-likeness (QED) is 0.751. The van der Waals surface area contributed by atoms with Crippen molar-refractivity contribution in [2.45, 2.75) is 50.5 Å². The maximum atomic E-state index is 12.7. The van der Waals surface area contributed by atoms with E-state index in [4.69, 9.17) is 0 Å². The molecule has 0 atom stereocenters. The molecule has 2 aromatic rings. The van der Waals surface area contributed by atoms with Gasteiger partial charge in [0.25, 0.3) is 11.5 Å². The Labute approximate surface area is 151 Å². The molecule has 1 amide bonds. The maximum Gasteiger partial charge on any atom is 0.255 e. The van der Waals surface area contributed by atoms with Gasteiger partial charge in [0.2, 0.25) is 5.95 Å². The van der Waals surface area contributed by atoms with Gasteiger partial charge in [0.1, 0.15) is 0 Å². The van der Waals surface area contributed by atoms with Gasteiger partial charge in [-0.05, 0) is 32.6 Å². The molecule has 2 aromatic heterocycles. The second-order valence-electron chi connectivity index (χ2n) is 7.61. The number of carbonyl (C=O) groups excluding carboxylic acids is 1. The molecule has 0 unspecified atom stereocenters. The monoisotopic (exact) mass is 356 g/mol.